The third-order valence-electron chi connectivity index (χ3n) is 5.96. The molecule has 0 bridgehead atoms. The van der Waals surface area contributed by atoms with E-state index in [1.807, 2.05) is 12.1 Å². The van der Waals surface area contributed by atoms with Gasteiger partial charge in [-0.05, 0) is 65.5 Å². The fraction of sp³-hybridized carbons (Fsp3) is 0.536. The zero-order valence-electron chi connectivity index (χ0n) is 20.5. The molecule has 0 aliphatic carbocycles. The summed E-state index contributed by atoms with van der Waals surface area (Å²) in [6.07, 6.45) is 6.43. The third-order valence-corrected chi connectivity index (χ3v) is 5.96. The summed E-state index contributed by atoms with van der Waals surface area (Å²) in [6, 6.07) is 14.4. The van der Waals surface area contributed by atoms with Crippen LogP contribution in [0.15, 0.2) is 42.5 Å². The number of benzene rings is 2. The van der Waals surface area contributed by atoms with Crippen LogP contribution in [-0.4, -0.2) is 24.7 Å². The number of ether oxygens (including phenoxy) is 1. The van der Waals surface area contributed by atoms with Crippen molar-refractivity contribution in [2.24, 2.45) is 0 Å². The predicted molar refractivity (Wildman–Crippen MR) is 134 cm³/mol. The van der Waals surface area contributed by atoms with Gasteiger partial charge < -0.3 is 15.2 Å². The molecule has 0 aromatic heterocycles. The third kappa shape index (κ3) is 7.98. The highest BCUT2D eigenvalue weighted by Gasteiger charge is 2.21. The van der Waals surface area contributed by atoms with Crippen LogP contribution < -0.4 is 10.1 Å². The molecule has 4 heteroatoms. The van der Waals surface area contributed by atoms with Crippen molar-refractivity contribution in [1.82, 2.24) is 0 Å². The van der Waals surface area contributed by atoms with Gasteiger partial charge in [0.2, 0.25) is 5.91 Å². The molecule has 0 heterocycles. The summed E-state index contributed by atoms with van der Waals surface area (Å²) in [5.74, 6) is 1.07. The minimum absolute atomic E-state index is 0.0483. The number of aryl methyl sites for hydroxylation is 1. The molecule has 0 saturated carbocycles. The van der Waals surface area contributed by atoms with E-state index in [0.717, 1.165) is 54.7 Å². The first-order chi connectivity index (χ1) is 15.3. The summed E-state index contributed by atoms with van der Waals surface area (Å²) in [4.78, 5) is 13.2. The molecular weight excluding hydrogens is 398 g/mol. The molecule has 0 radical (unpaired) electrons. The number of aliphatic hydroxyl groups is 1. The fourth-order valence-electron chi connectivity index (χ4n) is 4.12. The van der Waals surface area contributed by atoms with E-state index in [2.05, 4.69) is 63.3 Å². The van der Waals surface area contributed by atoms with Crippen molar-refractivity contribution in [3.63, 3.8) is 0 Å². The highest BCUT2D eigenvalue weighted by atomic mass is 16.5. The Balaban J connectivity index is 2.21. The number of methoxy groups -OCH3 is 1. The van der Waals surface area contributed by atoms with Crippen molar-refractivity contribution in [3.8, 4) is 5.75 Å². The molecule has 1 unspecified atom stereocenters. The number of carbonyl (C=O) groups is 1. The molecule has 0 aliphatic heterocycles. The minimum atomic E-state index is -0.0748. The number of anilines is 1. The summed E-state index contributed by atoms with van der Waals surface area (Å²) < 4.78 is 5.30. The summed E-state index contributed by atoms with van der Waals surface area (Å²) >= 11 is 0. The van der Waals surface area contributed by atoms with Gasteiger partial charge in [0.05, 0.1) is 7.11 Å². The molecule has 4 nitrogen and oxygen atoms in total. The average Bonchev–Trinajstić information content (AvgIpc) is 2.76. The van der Waals surface area contributed by atoms with Crippen LogP contribution in [0.4, 0.5) is 5.69 Å². The van der Waals surface area contributed by atoms with Crippen LogP contribution in [0.25, 0.3) is 0 Å². The Morgan fingerprint density at radius 1 is 1.06 bits per heavy atom. The van der Waals surface area contributed by atoms with Crippen LogP contribution in [0.5, 0.6) is 5.75 Å². The van der Waals surface area contributed by atoms with Gasteiger partial charge in [0.25, 0.3) is 0 Å². The van der Waals surface area contributed by atoms with E-state index in [4.69, 9.17) is 4.74 Å². The summed E-state index contributed by atoms with van der Waals surface area (Å²) in [5.41, 5.74) is 4.27. The Morgan fingerprint density at radius 3 is 2.38 bits per heavy atom. The molecule has 2 N–H and O–H groups in total. The first-order valence-corrected chi connectivity index (χ1v) is 12.0. The fourth-order valence-corrected chi connectivity index (χ4v) is 4.12. The molecule has 0 saturated heterocycles. The summed E-state index contributed by atoms with van der Waals surface area (Å²) in [5, 5.41) is 12.4. The van der Waals surface area contributed by atoms with E-state index in [1.165, 1.54) is 12.0 Å². The molecule has 1 amide bonds. The maximum atomic E-state index is 13.2. The normalized spacial score (nSPS) is 12.4. The standard InChI is InChI=1S/C28H41NO3/c1-6-7-8-11-23(22-13-15-24(32-5)16-14-22)20-27(31)29-26-19-21(10-9-18-30)12-17-25(26)28(2,3)4/h12-17,19,23,30H,6-11,18,20H2,1-5H3,(H,29,31). The van der Waals surface area contributed by atoms with E-state index in [0.29, 0.717) is 6.42 Å². The van der Waals surface area contributed by atoms with E-state index < -0.39 is 0 Å². The van der Waals surface area contributed by atoms with Crippen molar-refractivity contribution in [2.75, 3.05) is 19.0 Å². The number of carbonyl (C=O) groups excluding carboxylic acids is 1. The SMILES string of the molecule is CCCCCC(CC(=O)Nc1cc(CCCO)ccc1C(C)(C)C)c1ccc(OC)cc1. The zero-order valence-corrected chi connectivity index (χ0v) is 20.5. The van der Waals surface area contributed by atoms with Crippen LogP contribution in [-0.2, 0) is 16.6 Å². The largest absolute Gasteiger partial charge is 0.497 e. The molecule has 176 valence electrons. The van der Waals surface area contributed by atoms with Crippen LogP contribution in [0.1, 0.15) is 88.8 Å². The van der Waals surface area contributed by atoms with Crippen molar-refractivity contribution < 1.29 is 14.6 Å². The Labute approximate surface area is 194 Å². The van der Waals surface area contributed by atoms with Gasteiger partial charge in [-0.3, -0.25) is 4.79 Å². The van der Waals surface area contributed by atoms with Gasteiger partial charge in [-0.2, -0.15) is 0 Å². The Morgan fingerprint density at radius 2 is 1.78 bits per heavy atom. The van der Waals surface area contributed by atoms with Crippen molar-refractivity contribution in [1.29, 1.82) is 0 Å². The van der Waals surface area contributed by atoms with E-state index >= 15 is 0 Å². The number of hydrogen-bond acceptors (Lipinski definition) is 3. The lowest BCUT2D eigenvalue weighted by molar-refractivity contribution is -0.116. The number of hydrogen-bond donors (Lipinski definition) is 2. The molecule has 2 aromatic carbocycles. The van der Waals surface area contributed by atoms with Gasteiger partial charge in [-0.25, -0.2) is 0 Å². The number of amides is 1. The first-order valence-electron chi connectivity index (χ1n) is 12.0. The van der Waals surface area contributed by atoms with Gasteiger partial charge in [0.15, 0.2) is 0 Å². The molecular formula is C28H41NO3. The molecule has 0 spiro atoms. The summed E-state index contributed by atoms with van der Waals surface area (Å²) in [6.45, 7) is 8.86. The van der Waals surface area contributed by atoms with E-state index in [-0.39, 0.29) is 23.8 Å². The molecule has 2 aromatic rings. The Hall–Kier alpha value is -2.33. The molecule has 0 aliphatic rings. The lowest BCUT2D eigenvalue weighted by Crippen LogP contribution is -2.20. The second-order valence-electron chi connectivity index (χ2n) is 9.68. The minimum Gasteiger partial charge on any atom is -0.497 e. The van der Waals surface area contributed by atoms with Crippen LogP contribution >= 0.6 is 0 Å². The van der Waals surface area contributed by atoms with Crippen molar-refractivity contribution in [2.45, 2.75) is 84.0 Å². The number of rotatable bonds is 12. The molecule has 1 atom stereocenters. The smallest absolute Gasteiger partial charge is 0.224 e. The van der Waals surface area contributed by atoms with E-state index in [9.17, 15) is 9.90 Å². The van der Waals surface area contributed by atoms with Crippen LogP contribution in [0.3, 0.4) is 0 Å². The number of aliphatic hydroxyl groups excluding tert-OH is 1. The summed E-state index contributed by atoms with van der Waals surface area (Å²) in [7, 11) is 1.67. The molecule has 2 rings (SSSR count). The van der Waals surface area contributed by atoms with E-state index in [1.54, 1.807) is 7.11 Å². The lowest BCUT2D eigenvalue weighted by atomic mass is 9.84. The quantitative estimate of drug-likeness (QED) is 0.366. The van der Waals surface area contributed by atoms with Crippen molar-refractivity contribution in [3.05, 3.63) is 59.2 Å². The van der Waals surface area contributed by atoms with Gasteiger partial charge in [0.1, 0.15) is 5.75 Å². The van der Waals surface area contributed by atoms with Gasteiger partial charge in [-0.15, -0.1) is 0 Å². The van der Waals surface area contributed by atoms with Gasteiger partial charge in [0, 0.05) is 18.7 Å². The first kappa shape index (κ1) is 25.9. The maximum absolute atomic E-state index is 13.2. The predicted octanol–water partition coefficient (Wildman–Crippen LogP) is 6.61. The zero-order chi connectivity index (χ0) is 23.6. The Bertz CT molecular complexity index is 837. The molecule has 0 fully saturated rings. The van der Waals surface area contributed by atoms with Crippen LogP contribution in [0.2, 0.25) is 0 Å². The maximum Gasteiger partial charge on any atom is 0.224 e. The topological polar surface area (TPSA) is 58.6 Å². The second-order valence-corrected chi connectivity index (χ2v) is 9.68. The van der Waals surface area contributed by atoms with Crippen molar-refractivity contribution >= 4 is 11.6 Å². The van der Waals surface area contributed by atoms with Gasteiger partial charge >= 0.3 is 0 Å². The number of unbranched alkanes of at least 4 members (excludes halogenated alkanes) is 2. The van der Waals surface area contributed by atoms with Gasteiger partial charge in [-0.1, -0.05) is 71.2 Å². The molecule has 32 heavy (non-hydrogen) atoms. The van der Waals surface area contributed by atoms with Crippen LogP contribution in [0, 0.1) is 0 Å². The number of nitrogens with one attached hydrogen (secondary N) is 1. The Kier molecular flexibility index (Phi) is 10.2. The monoisotopic (exact) mass is 439 g/mol. The average molecular weight is 440 g/mol. The highest BCUT2D eigenvalue weighted by Crippen LogP contribution is 2.32. The highest BCUT2D eigenvalue weighted by molar-refractivity contribution is 5.92. The second kappa shape index (κ2) is 12.6. The lowest BCUT2D eigenvalue weighted by Gasteiger charge is -2.25.